The number of nitrogens with one attached hydrogen (secondary N) is 1. The molecule has 0 aliphatic carbocycles. The van der Waals surface area contributed by atoms with E-state index in [4.69, 9.17) is 4.98 Å². The van der Waals surface area contributed by atoms with Crippen molar-refractivity contribution in [2.45, 2.75) is 29.5 Å². The number of aromatic nitrogens is 4. The summed E-state index contributed by atoms with van der Waals surface area (Å²) in [7, 11) is -3.41. The number of piperidine rings is 1. The Morgan fingerprint density at radius 2 is 2.03 bits per heavy atom. The molecule has 0 amide bonds. The number of rotatable bonds is 6. The normalized spacial score (nSPS) is 15.9. The third-order valence-corrected chi connectivity index (χ3v) is 9.44. The molecule has 1 aliphatic heterocycles. The second-order valence-corrected chi connectivity index (χ2v) is 11.6. The maximum atomic E-state index is 12.8. The monoisotopic (exact) mass is 532 g/mol. The van der Waals surface area contributed by atoms with Crippen LogP contribution in [-0.4, -0.2) is 45.4 Å². The third kappa shape index (κ3) is 4.17. The second-order valence-electron chi connectivity index (χ2n) is 7.62. The molecule has 1 saturated heterocycles. The van der Waals surface area contributed by atoms with E-state index in [1.165, 1.54) is 11.3 Å². The Hall–Kier alpha value is -2.34. The molecule has 4 aromatic rings. The molecule has 1 aliphatic rings. The van der Waals surface area contributed by atoms with Crippen LogP contribution in [0, 0.1) is 0 Å². The summed E-state index contributed by atoms with van der Waals surface area (Å²) in [5, 5.41) is 9.67. The van der Waals surface area contributed by atoms with Crippen LogP contribution in [0.15, 0.2) is 63.0 Å². The van der Waals surface area contributed by atoms with Gasteiger partial charge in [0.1, 0.15) is 10.0 Å². The first-order chi connectivity index (χ1) is 15.5. The van der Waals surface area contributed by atoms with E-state index >= 15 is 0 Å². The molecular weight excluding hydrogens is 512 g/mol. The van der Waals surface area contributed by atoms with E-state index in [1.807, 2.05) is 24.4 Å². The van der Waals surface area contributed by atoms with Gasteiger partial charge in [0.25, 0.3) is 10.0 Å². The highest BCUT2D eigenvalue weighted by atomic mass is 79.9. The Bertz CT molecular complexity index is 1320. The number of thiophene rings is 1. The quantitative estimate of drug-likeness (QED) is 0.401. The number of nitrogens with zero attached hydrogens (tertiary/aromatic N) is 5. The van der Waals surface area contributed by atoms with Crippen molar-refractivity contribution in [3.8, 4) is 0 Å². The molecule has 4 aromatic heterocycles. The number of sulfonamides is 1. The summed E-state index contributed by atoms with van der Waals surface area (Å²) in [4.78, 5) is 9.01. The maximum absolute atomic E-state index is 12.8. The Morgan fingerprint density at radius 3 is 2.75 bits per heavy atom. The molecule has 166 valence electrons. The van der Waals surface area contributed by atoms with Gasteiger partial charge in [0.15, 0.2) is 5.65 Å². The topological polar surface area (TPSA) is 92.5 Å². The summed E-state index contributed by atoms with van der Waals surface area (Å²) in [6.45, 7) is 1.58. The zero-order chi connectivity index (χ0) is 22.1. The minimum absolute atomic E-state index is 0.176. The van der Waals surface area contributed by atoms with Gasteiger partial charge in [0.2, 0.25) is 0 Å². The number of hydrogen-bond acceptors (Lipinski definition) is 7. The largest absolute Gasteiger partial charge is 0.366 e. The predicted octanol–water partition coefficient (Wildman–Crippen LogP) is 4.13. The van der Waals surface area contributed by atoms with Gasteiger partial charge in [0.05, 0.1) is 10.7 Å². The molecule has 5 heterocycles. The Balaban J connectivity index is 1.37. The molecule has 8 nitrogen and oxygen atoms in total. The lowest BCUT2D eigenvalue weighted by Gasteiger charge is -2.30. The summed E-state index contributed by atoms with van der Waals surface area (Å²) in [5.41, 5.74) is 2.75. The Morgan fingerprint density at radius 1 is 1.19 bits per heavy atom. The lowest BCUT2D eigenvalue weighted by Crippen LogP contribution is -2.37. The SMILES string of the molecule is O=S(=O)(c1cccs1)N1CCC(c2cc(NCc3cccnc3)n3ncc(Br)c3n2)CC1. The number of fused-ring (bicyclic) bond motifs is 1. The lowest BCUT2D eigenvalue weighted by atomic mass is 9.94. The third-order valence-electron chi connectivity index (χ3n) is 5.61. The molecular formula is C21H21BrN6O2S2. The zero-order valence-corrected chi connectivity index (χ0v) is 20.3. The van der Waals surface area contributed by atoms with Crippen molar-refractivity contribution in [1.82, 2.24) is 23.9 Å². The minimum Gasteiger partial charge on any atom is -0.366 e. The highest BCUT2D eigenvalue weighted by molar-refractivity contribution is 9.10. The van der Waals surface area contributed by atoms with Crippen molar-refractivity contribution < 1.29 is 8.42 Å². The molecule has 1 N–H and O–H groups in total. The highest BCUT2D eigenvalue weighted by Gasteiger charge is 2.31. The van der Waals surface area contributed by atoms with Crippen molar-refractivity contribution in [2.75, 3.05) is 18.4 Å². The molecule has 0 saturated carbocycles. The second kappa shape index (κ2) is 8.89. The van der Waals surface area contributed by atoms with Crippen LogP contribution in [0.25, 0.3) is 5.65 Å². The fourth-order valence-corrected chi connectivity index (χ4v) is 6.88. The predicted molar refractivity (Wildman–Crippen MR) is 127 cm³/mol. The van der Waals surface area contributed by atoms with Crippen molar-refractivity contribution in [2.24, 2.45) is 0 Å². The van der Waals surface area contributed by atoms with Crippen molar-refractivity contribution in [3.05, 3.63) is 70.0 Å². The highest BCUT2D eigenvalue weighted by Crippen LogP contribution is 2.33. The fourth-order valence-electron chi connectivity index (χ4n) is 3.91. The number of hydrogen-bond donors (Lipinski definition) is 1. The molecule has 0 radical (unpaired) electrons. The van der Waals surface area contributed by atoms with Gasteiger partial charge in [-0.15, -0.1) is 11.3 Å². The summed E-state index contributed by atoms with van der Waals surface area (Å²) < 4.78 is 30.3. The van der Waals surface area contributed by atoms with Crippen molar-refractivity contribution >= 4 is 48.8 Å². The van der Waals surface area contributed by atoms with Gasteiger partial charge in [-0.05, 0) is 51.8 Å². The van der Waals surface area contributed by atoms with Gasteiger partial charge in [-0.1, -0.05) is 12.1 Å². The average molecular weight is 533 g/mol. The van der Waals surface area contributed by atoms with E-state index in [9.17, 15) is 8.42 Å². The number of pyridine rings is 1. The van der Waals surface area contributed by atoms with Crippen LogP contribution < -0.4 is 5.32 Å². The van der Waals surface area contributed by atoms with Gasteiger partial charge < -0.3 is 5.32 Å². The summed E-state index contributed by atoms with van der Waals surface area (Å²) >= 11 is 4.80. The van der Waals surface area contributed by atoms with Crippen LogP contribution in [0.2, 0.25) is 0 Å². The number of halogens is 1. The van der Waals surface area contributed by atoms with Gasteiger partial charge in [-0.2, -0.15) is 13.9 Å². The molecule has 1 fully saturated rings. The van der Waals surface area contributed by atoms with Crippen LogP contribution >= 0.6 is 27.3 Å². The standard InChI is InChI=1S/C21H21BrN6O2S2/c22-17-14-25-28-19(24-13-15-3-1-7-23-12-15)11-18(26-21(17)28)16-5-8-27(9-6-16)32(29,30)20-4-2-10-31-20/h1-4,7,10-12,14,16,24H,5-6,8-9,13H2. The van der Waals surface area contributed by atoms with Crippen LogP contribution in [-0.2, 0) is 16.6 Å². The van der Waals surface area contributed by atoms with Crippen molar-refractivity contribution in [1.29, 1.82) is 0 Å². The van der Waals surface area contributed by atoms with Gasteiger partial charge in [-0.25, -0.2) is 13.4 Å². The van der Waals surface area contributed by atoms with E-state index < -0.39 is 10.0 Å². The molecule has 0 spiro atoms. The van der Waals surface area contributed by atoms with Crippen LogP contribution in [0.3, 0.4) is 0 Å². The first-order valence-electron chi connectivity index (χ1n) is 10.2. The van der Waals surface area contributed by atoms with E-state index in [0.717, 1.165) is 40.0 Å². The van der Waals surface area contributed by atoms with E-state index in [2.05, 4.69) is 31.3 Å². The molecule has 0 atom stereocenters. The molecule has 0 aromatic carbocycles. The Labute approximate surface area is 198 Å². The van der Waals surface area contributed by atoms with Crippen molar-refractivity contribution in [3.63, 3.8) is 0 Å². The molecule has 0 unspecified atom stereocenters. The van der Waals surface area contributed by atoms with E-state index in [1.54, 1.807) is 38.7 Å². The zero-order valence-electron chi connectivity index (χ0n) is 17.1. The average Bonchev–Trinajstić information content (AvgIpc) is 3.49. The van der Waals surface area contributed by atoms with Gasteiger partial charge in [-0.3, -0.25) is 4.98 Å². The lowest BCUT2D eigenvalue weighted by molar-refractivity contribution is 0.317. The summed E-state index contributed by atoms with van der Waals surface area (Å²) in [6.07, 6.45) is 6.76. The Kier molecular flexibility index (Phi) is 5.97. The van der Waals surface area contributed by atoms with Crippen LogP contribution in [0.1, 0.15) is 30.0 Å². The molecule has 32 heavy (non-hydrogen) atoms. The molecule has 5 rings (SSSR count). The van der Waals surface area contributed by atoms with Gasteiger partial charge in [0, 0.05) is 49.7 Å². The van der Waals surface area contributed by atoms with E-state index in [-0.39, 0.29) is 5.92 Å². The summed E-state index contributed by atoms with van der Waals surface area (Å²) in [5.74, 6) is 1.02. The van der Waals surface area contributed by atoms with E-state index in [0.29, 0.717) is 23.8 Å². The molecule has 11 heteroatoms. The maximum Gasteiger partial charge on any atom is 0.252 e. The summed E-state index contributed by atoms with van der Waals surface area (Å²) in [6, 6.07) is 9.39. The minimum atomic E-state index is -3.41. The fraction of sp³-hybridized carbons (Fsp3) is 0.286. The van der Waals surface area contributed by atoms with Gasteiger partial charge >= 0.3 is 0 Å². The van der Waals surface area contributed by atoms with Crippen LogP contribution in [0.5, 0.6) is 0 Å². The number of anilines is 1. The van der Waals surface area contributed by atoms with Crippen LogP contribution in [0.4, 0.5) is 5.82 Å². The molecule has 0 bridgehead atoms. The smallest absolute Gasteiger partial charge is 0.252 e. The first-order valence-corrected chi connectivity index (χ1v) is 13.3. The first kappa shape index (κ1) is 21.5.